The topological polar surface area (TPSA) is 445 Å². The monoisotopic (exact) mass is 1790 g/mol. The van der Waals surface area contributed by atoms with Crippen LogP contribution in [0.5, 0.6) is 0 Å². The van der Waals surface area contributed by atoms with Crippen molar-refractivity contribution in [3.8, 4) is 0 Å². The average Bonchev–Trinajstić information content (AvgIpc) is 1.63. The Morgan fingerprint density at radius 3 is 1.45 bits per heavy atom. The molecule has 6 aliphatic rings. The van der Waals surface area contributed by atoms with Crippen LogP contribution in [0.15, 0.2) is 132 Å². The van der Waals surface area contributed by atoms with Gasteiger partial charge in [-0.05, 0) is 170 Å². The molecule has 4 saturated heterocycles. The summed E-state index contributed by atoms with van der Waals surface area (Å²) in [6.07, 6.45) is 19.9. The van der Waals surface area contributed by atoms with Gasteiger partial charge in [-0.15, -0.1) is 0 Å². The van der Waals surface area contributed by atoms with Gasteiger partial charge in [0.05, 0.1) is 29.7 Å². The highest BCUT2D eigenvalue weighted by Gasteiger charge is 2.44. The number of carbonyl (C=O) groups excluding carboxylic acids is 13. The molecule has 2 aliphatic carbocycles. The third-order valence-electron chi connectivity index (χ3n) is 26.5. The highest BCUT2D eigenvalue weighted by molar-refractivity contribution is 6.00. The lowest BCUT2D eigenvalue weighted by Gasteiger charge is -2.31. The van der Waals surface area contributed by atoms with E-state index in [0.29, 0.717) is 126 Å². The van der Waals surface area contributed by atoms with Gasteiger partial charge in [-0.1, -0.05) is 161 Å². The molecule has 2 saturated carbocycles. The molecule has 702 valence electrons. The van der Waals surface area contributed by atoms with Gasteiger partial charge in [-0.3, -0.25) is 72.1 Å². The molecule has 12 rings (SSSR count). The first-order valence-corrected chi connectivity index (χ1v) is 47.6. The number of aryl methyl sites for hydroxylation is 2. The minimum absolute atomic E-state index is 0.00767. The lowest BCUT2D eigenvalue weighted by Crippen LogP contribution is -2.52. The summed E-state index contributed by atoms with van der Waals surface area (Å²) in [5.41, 5.74) is 21.2. The second-order valence-corrected chi connectivity index (χ2v) is 37.4. The normalized spacial score (nSPS) is 23.6. The predicted molar refractivity (Wildman–Crippen MR) is 500 cm³/mol. The number of hydrogen-bond acceptors (Lipinski definition) is 16. The van der Waals surface area contributed by atoms with Crippen molar-refractivity contribution in [3.63, 3.8) is 0 Å². The van der Waals surface area contributed by atoms with Crippen molar-refractivity contribution < 1.29 is 67.1 Å². The number of ketones is 4. The minimum Gasteiger partial charge on any atom is -0.443 e. The maximum absolute atomic E-state index is 14.9. The Balaban J connectivity index is 0.000000253. The third kappa shape index (κ3) is 29.7. The Labute approximate surface area is 763 Å². The maximum Gasteiger partial charge on any atom is 0.419 e. The van der Waals surface area contributed by atoms with E-state index < -0.39 is 77.5 Å². The van der Waals surface area contributed by atoms with Gasteiger partial charge in [-0.2, -0.15) is 0 Å². The molecular weight excluding hydrogens is 1650 g/mol. The number of nitrogens with zero attached hydrogens (tertiary/aromatic N) is 5. The Kier molecular flexibility index (Phi) is 37.6. The smallest absolute Gasteiger partial charge is 0.419 e. The molecule has 30 heteroatoms. The van der Waals surface area contributed by atoms with Crippen LogP contribution in [0, 0.1) is 35.5 Å². The summed E-state index contributed by atoms with van der Waals surface area (Å²) in [6, 6.07) is 28.9. The molecule has 4 aliphatic heterocycles. The molecule has 0 spiro atoms. The van der Waals surface area contributed by atoms with Gasteiger partial charge < -0.3 is 73.9 Å². The van der Waals surface area contributed by atoms with Crippen molar-refractivity contribution in [2.75, 3.05) is 46.3 Å². The highest BCUT2D eigenvalue weighted by atomic mass is 16.6. The van der Waals surface area contributed by atoms with E-state index in [2.05, 4.69) is 52.2 Å². The number of guanidine groups is 2. The van der Waals surface area contributed by atoms with E-state index >= 15 is 0 Å². The molecule has 0 unspecified atom stereocenters. The van der Waals surface area contributed by atoms with Crippen LogP contribution in [0.3, 0.4) is 0 Å². The average molecular weight is 1790 g/mol. The summed E-state index contributed by atoms with van der Waals surface area (Å²) in [5, 5.41) is 22.8. The predicted octanol–water partition coefficient (Wildman–Crippen LogP) is 10.3. The second kappa shape index (κ2) is 49.4. The van der Waals surface area contributed by atoms with Crippen LogP contribution >= 0.6 is 0 Å². The molecule has 10 atom stereocenters. The fourth-order valence-corrected chi connectivity index (χ4v) is 19.6. The number of amides is 8. The van der Waals surface area contributed by atoms with Gasteiger partial charge in [0.2, 0.25) is 47.3 Å². The minimum atomic E-state index is -1.12. The van der Waals surface area contributed by atoms with E-state index in [4.69, 9.17) is 21.9 Å². The van der Waals surface area contributed by atoms with Gasteiger partial charge in [0.25, 0.3) is 0 Å². The maximum atomic E-state index is 14.9. The number of aromatic nitrogens is 2. The number of H-pyrrole nitrogens is 1. The van der Waals surface area contributed by atoms with Gasteiger partial charge in [0.15, 0.2) is 35.1 Å². The first kappa shape index (κ1) is 99.0. The van der Waals surface area contributed by atoms with E-state index in [-0.39, 0.29) is 172 Å². The number of rotatable bonds is 24. The first-order valence-electron chi connectivity index (χ1n) is 47.6. The number of ether oxygens (including phenoxy) is 1. The summed E-state index contributed by atoms with van der Waals surface area (Å²) in [7, 11) is 1.56. The fraction of sp³-hybridized carbons (Fsp3) is 0.570. The van der Waals surface area contributed by atoms with Crippen LogP contribution in [-0.4, -0.2) is 196 Å². The van der Waals surface area contributed by atoms with E-state index in [1.54, 1.807) is 49.9 Å². The molecule has 6 fully saturated rings. The van der Waals surface area contributed by atoms with Crippen molar-refractivity contribution in [3.05, 3.63) is 144 Å². The SMILES string of the molecule is CN=C(N)NCCC[C@@H]1CC(=O)[C@H](Cc2cn(C(=O)OC(C)(C)C)c3ccccc23)NC(=O)[C@@H](CC2CCCCC2)CC(=O)[C@@H]2CCCN2C(=O)[C@@H](NC(=O)CCc2ccccc2)CCCNC1=O.NC(N)=NCCC[C@@H]1CC(=O)[C@H](Cc2c[nH]c3ccccc23)NC(=O)[C@@H](CC2CCCCC2)CC(=O)[C@@H]2CCCN2C(=O)[C@@H](NC(=O)CCc2ccccc2)CCCNC1=O. The van der Waals surface area contributed by atoms with Crippen LogP contribution < -0.4 is 54.4 Å². The molecule has 30 nitrogen and oxygen atoms in total. The highest BCUT2D eigenvalue weighted by Crippen LogP contribution is 2.36. The molecule has 0 radical (unpaired) electrons. The molecule has 6 heterocycles. The Morgan fingerprint density at radius 2 is 0.962 bits per heavy atom. The van der Waals surface area contributed by atoms with E-state index in [1.165, 1.54) is 4.57 Å². The summed E-state index contributed by atoms with van der Waals surface area (Å²) >= 11 is 0. The summed E-state index contributed by atoms with van der Waals surface area (Å²) in [4.78, 5) is 200. The second-order valence-electron chi connectivity index (χ2n) is 37.4. The van der Waals surface area contributed by atoms with Crippen LogP contribution in [0.2, 0.25) is 0 Å². The Morgan fingerprint density at radius 1 is 0.500 bits per heavy atom. The zero-order valence-electron chi connectivity index (χ0n) is 76.4. The number of aromatic amines is 1. The summed E-state index contributed by atoms with van der Waals surface area (Å²) in [6.45, 7) is 7.08. The molecule has 8 amide bonds. The largest absolute Gasteiger partial charge is 0.443 e. The molecular formula is C100H138N16O14. The number of aliphatic imine (C=N–C) groups is 2. The van der Waals surface area contributed by atoms with Gasteiger partial charge >= 0.3 is 6.09 Å². The lowest BCUT2D eigenvalue weighted by atomic mass is 9.80. The van der Waals surface area contributed by atoms with Crippen LogP contribution in [0.25, 0.3) is 21.8 Å². The molecule has 130 heavy (non-hydrogen) atoms. The Hall–Kier alpha value is -11.6. The van der Waals surface area contributed by atoms with Gasteiger partial charge in [0, 0.05) is 150 Å². The number of nitrogens with one attached hydrogen (secondary N) is 8. The van der Waals surface area contributed by atoms with E-state index in [9.17, 15) is 62.3 Å². The fourth-order valence-electron chi connectivity index (χ4n) is 19.6. The van der Waals surface area contributed by atoms with Crippen LogP contribution in [0.4, 0.5) is 4.79 Å². The van der Waals surface area contributed by atoms with Gasteiger partial charge in [-0.25, -0.2) is 4.79 Å². The number of carbonyl (C=O) groups is 13. The zero-order chi connectivity index (χ0) is 92.6. The first-order chi connectivity index (χ1) is 62.6. The van der Waals surface area contributed by atoms with Crippen LogP contribution in [-0.2, 0) is 88.0 Å². The molecule has 6 aromatic rings. The van der Waals surface area contributed by atoms with E-state index in [1.807, 2.05) is 109 Å². The molecule has 4 aromatic carbocycles. The number of Topliss-reactive ketones (excluding diaryl/α,β-unsaturated/α-hetero) is 4. The molecule has 14 N–H and O–H groups in total. The van der Waals surface area contributed by atoms with Crippen LogP contribution in [0.1, 0.15) is 236 Å². The zero-order valence-corrected chi connectivity index (χ0v) is 76.4. The van der Waals surface area contributed by atoms with Crippen molar-refractivity contribution in [1.29, 1.82) is 0 Å². The van der Waals surface area contributed by atoms with Crippen molar-refractivity contribution in [1.82, 2.24) is 56.6 Å². The quantitative estimate of drug-likeness (QED) is 0.0152. The number of hydrogen-bond donors (Lipinski definition) is 11. The number of fused-ring (bicyclic) bond motifs is 4. The number of nitrogens with two attached hydrogens (primary N) is 3. The van der Waals surface area contributed by atoms with Gasteiger partial charge in [0.1, 0.15) is 17.7 Å². The summed E-state index contributed by atoms with van der Waals surface area (Å²) in [5.74, 6) is -6.20. The van der Waals surface area contributed by atoms with Crippen molar-refractivity contribution in [2.24, 2.45) is 62.7 Å². The van der Waals surface area contributed by atoms with Crippen molar-refractivity contribution in [2.45, 2.75) is 281 Å². The van der Waals surface area contributed by atoms with Crippen molar-refractivity contribution >= 4 is 110 Å². The lowest BCUT2D eigenvalue weighted by molar-refractivity contribution is -0.142. The summed E-state index contributed by atoms with van der Waals surface area (Å²) < 4.78 is 7.16. The standard InChI is InChI=1S/C53H74N8O8.C47H64N8O6/c1-53(2,3)69-52(68)61-34-39(40-21-11-12-23-43(40)61)31-42-45(62)32-37(20-13-28-57-51(54)55-4)48(65)56-27-14-22-41(58-47(64)26-25-35-16-7-5-8-17-35)50(67)60-29-15-24-44(60)46(63)33-38(49(66)59-42)30-36-18-9-6-10-19-36;48-47(49)51-24-9-16-33-28-41(56)39(27-35-30-52-37-18-8-7-17-36(35)37)54-45(60)34(26-32-14-5-2-6-15-32)29-42(57)40-20-11-25-55(40)46(61)38(19-10-23-50-44(33)59)53-43(58)22-21-31-12-3-1-4-13-31/h5,7-8,11-12,16-17,21,23,34,36-38,41-42,44H,6,9-10,13-15,18-20,22,24-33H2,1-4H3,(H,56,65)(H,58,64)(H,59,66)(H3,54,55,57);1,3-4,7-8,12-13,17-18,30,32-34,38-40,52H,2,5-6,9-11,14-16,19-29H2,(H,50,59)(H,53,58)(H,54,60)(H4,48,49,51)/t37-,38+,41+,42+,44+;33-,34+,38+,39+,40+/m11/s1. The Bertz CT molecular complexity index is 4910. The number of para-hydroxylation sites is 2. The molecule has 2 aromatic heterocycles. The third-order valence-corrected chi connectivity index (χ3v) is 26.5. The molecule has 0 bridgehead atoms. The number of benzene rings is 4. The van der Waals surface area contributed by atoms with E-state index in [0.717, 1.165) is 91.8 Å².